The molecule has 7 heteroatoms. The molecule has 2 bridgehead atoms. The van der Waals surface area contributed by atoms with E-state index in [-0.39, 0.29) is 17.7 Å². The van der Waals surface area contributed by atoms with E-state index in [0.717, 1.165) is 31.2 Å². The van der Waals surface area contributed by atoms with Gasteiger partial charge in [0, 0.05) is 24.2 Å². The summed E-state index contributed by atoms with van der Waals surface area (Å²) in [5.74, 6) is -0.658. The van der Waals surface area contributed by atoms with Gasteiger partial charge in [-0.3, -0.25) is 19.3 Å². The molecule has 0 unspecified atom stereocenters. The van der Waals surface area contributed by atoms with Gasteiger partial charge in [0.25, 0.3) is 0 Å². The molecule has 5 atom stereocenters. The molecule has 5 N–H and O–H groups in total. The second kappa shape index (κ2) is 11.9. The van der Waals surface area contributed by atoms with Crippen molar-refractivity contribution in [2.24, 2.45) is 23.3 Å². The SMILES string of the molecule is CC(C)C[C@H](NC(=O)[C@H](Cc1ccccc1)CN1[C@@H]2CC[C@H]1C[C@@H](c1cccc(C(N)=O)c1)C2)C(N)=O. The minimum Gasteiger partial charge on any atom is -0.368 e. The number of hydrogen-bond acceptors (Lipinski definition) is 4. The van der Waals surface area contributed by atoms with Gasteiger partial charge in [0.2, 0.25) is 17.7 Å². The van der Waals surface area contributed by atoms with Gasteiger partial charge in [-0.25, -0.2) is 0 Å². The fraction of sp³-hybridized carbons (Fsp3) is 0.500. The molecule has 2 aliphatic rings. The highest BCUT2D eigenvalue weighted by molar-refractivity contribution is 5.93. The Kier molecular flexibility index (Phi) is 8.64. The van der Waals surface area contributed by atoms with E-state index >= 15 is 0 Å². The van der Waals surface area contributed by atoms with Crippen molar-refractivity contribution in [2.75, 3.05) is 6.54 Å². The average molecular weight is 505 g/mol. The van der Waals surface area contributed by atoms with Crippen molar-refractivity contribution < 1.29 is 14.4 Å². The Labute approximate surface area is 220 Å². The first-order valence-corrected chi connectivity index (χ1v) is 13.5. The highest BCUT2D eigenvalue weighted by Crippen LogP contribution is 2.43. The van der Waals surface area contributed by atoms with E-state index in [4.69, 9.17) is 11.5 Å². The molecule has 2 fully saturated rings. The minimum absolute atomic E-state index is 0.107. The molecule has 0 radical (unpaired) electrons. The molecule has 2 saturated heterocycles. The first kappa shape index (κ1) is 26.9. The van der Waals surface area contributed by atoms with E-state index in [2.05, 4.69) is 16.3 Å². The molecule has 4 rings (SSSR count). The third kappa shape index (κ3) is 6.77. The topological polar surface area (TPSA) is 119 Å². The van der Waals surface area contributed by atoms with Crippen LogP contribution in [0.15, 0.2) is 54.6 Å². The lowest BCUT2D eigenvalue weighted by atomic mass is 9.83. The molecule has 2 aliphatic heterocycles. The van der Waals surface area contributed by atoms with Crippen molar-refractivity contribution in [2.45, 2.75) is 76.4 Å². The van der Waals surface area contributed by atoms with Gasteiger partial charge in [0.05, 0.1) is 5.92 Å². The van der Waals surface area contributed by atoms with Gasteiger partial charge in [0.15, 0.2) is 0 Å². The minimum atomic E-state index is -0.661. The number of fused-ring (bicyclic) bond motifs is 2. The number of carbonyl (C=O) groups excluding carboxylic acids is 3. The van der Waals surface area contributed by atoms with Gasteiger partial charge in [-0.15, -0.1) is 0 Å². The van der Waals surface area contributed by atoms with Crippen molar-refractivity contribution in [1.82, 2.24) is 10.2 Å². The second-order valence-corrected chi connectivity index (χ2v) is 11.2. The van der Waals surface area contributed by atoms with Crippen LogP contribution >= 0.6 is 0 Å². The third-order valence-corrected chi connectivity index (χ3v) is 8.02. The molecular formula is C30H40N4O3. The van der Waals surface area contributed by atoms with E-state index in [0.29, 0.717) is 43.0 Å². The summed E-state index contributed by atoms with van der Waals surface area (Å²) in [6.07, 6.45) is 5.34. The summed E-state index contributed by atoms with van der Waals surface area (Å²) in [7, 11) is 0. The van der Waals surface area contributed by atoms with Crippen LogP contribution < -0.4 is 16.8 Å². The normalized spacial score (nSPS) is 22.9. The summed E-state index contributed by atoms with van der Waals surface area (Å²) in [4.78, 5) is 39.8. The number of benzene rings is 2. The van der Waals surface area contributed by atoms with Gasteiger partial charge in [0.1, 0.15) is 6.04 Å². The Morgan fingerprint density at radius 3 is 2.24 bits per heavy atom. The van der Waals surface area contributed by atoms with Crippen LogP contribution in [0.2, 0.25) is 0 Å². The highest BCUT2D eigenvalue weighted by atomic mass is 16.2. The van der Waals surface area contributed by atoms with Gasteiger partial charge < -0.3 is 16.8 Å². The lowest BCUT2D eigenvalue weighted by molar-refractivity contribution is -0.131. The molecular weight excluding hydrogens is 464 g/mol. The van der Waals surface area contributed by atoms with Gasteiger partial charge >= 0.3 is 0 Å². The van der Waals surface area contributed by atoms with Crippen LogP contribution in [-0.4, -0.2) is 47.3 Å². The van der Waals surface area contributed by atoms with E-state index in [9.17, 15) is 14.4 Å². The summed E-state index contributed by atoms with van der Waals surface area (Å²) in [6.45, 7) is 4.69. The zero-order chi connectivity index (χ0) is 26.5. The molecule has 2 aromatic carbocycles. The molecule has 37 heavy (non-hydrogen) atoms. The highest BCUT2D eigenvalue weighted by Gasteiger charge is 2.42. The lowest BCUT2D eigenvalue weighted by Gasteiger charge is -2.41. The van der Waals surface area contributed by atoms with E-state index in [1.807, 2.05) is 56.3 Å². The van der Waals surface area contributed by atoms with Gasteiger partial charge in [-0.05, 0) is 73.6 Å². The number of rotatable bonds is 11. The Morgan fingerprint density at radius 1 is 0.973 bits per heavy atom. The Morgan fingerprint density at radius 2 is 1.65 bits per heavy atom. The van der Waals surface area contributed by atoms with Crippen LogP contribution in [0, 0.1) is 11.8 Å². The molecule has 0 spiro atoms. The van der Waals surface area contributed by atoms with Crippen LogP contribution in [0.1, 0.15) is 73.4 Å². The fourth-order valence-electron chi connectivity index (χ4n) is 6.19. The number of nitrogens with two attached hydrogens (primary N) is 2. The van der Waals surface area contributed by atoms with Crippen molar-refractivity contribution in [1.29, 1.82) is 0 Å². The van der Waals surface area contributed by atoms with Crippen LogP contribution in [0.25, 0.3) is 0 Å². The lowest BCUT2D eigenvalue weighted by Crippen LogP contribution is -2.51. The maximum atomic E-state index is 13.5. The second-order valence-electron chi connectivity index (χ2n) is 11.2. The number of hydrogen-bond donors (Lipinski definition) is 3. The number of carbonyl (C=O) groups is 3. The van der Waals surface area contributed by atoms with Gasteiger partial charge in [-0.1, -0.05) is 56.3 Å². The van der Waals surface area contributed by atoms with Crippen LogP contribution in [0.3, 0.4) is 0 Å². The van der Waals surface area contributed by atoms with Crippen LogP contribution in [0.5, 0.6) is 0 Å². The quantitative estimate of drug-likeness (QED) is 0.435. The van der Waals surface area contributed by atoms with Crippen LogP contribution in [-0.2, 0) is 16.0 Å². The molecule has 0 saturated carbocycles. The summed E-state index contributed by atoms with van der Waals surface area (Å²) in [5, 5.41) is 2.98. The summed E-state index contributed by atoms with van der Waals surface area (Å²) in [5.41, 5.74) is 14.0. The predicted octanol–water partition coefficient (Wildman–Crippen LogP) is 3.37. The molecule has 7 nitrogen and oxygen atoms in total. The average Bonchev–Trinajstić information content (AvgIpc) is 3.09. The van der Waals surface area contributed by atoms with Crippen molar-refractivity contribution in [3.05, 3.63) is 71.3 Å². The van der Waals surface area contributed by atoms with Crippen molar-refractivity contribution in [3.8, 4) is 0 Å². The maximum absolute atomic E-state index is 13.5. The smallest absolute Gasteiger partial charge is 0.248 e. The Hall–Kier alpha value is -3.19. The first-order valence-electron chi connectivity index (χ1n) is 13.5. The largest absolute Gasteiger partial charge is 0.368 e. The summed E-state index contributed by atoms with van der Waals surface area (Å²) < 4.78 is 0. The summed E-state index contributed by atoms with van der Waals surface area (Å²) in [6, 6.07) is 17.9. The molecule has 0 aromatic heterocycles. The van der Waals surface area contributed by atoms with E-state index in [1.54, 1.807) is 6.07 Å². The maximum Gasteiger partial charge on any atom is 0.248 e. The third-order valence-electron chi connectivity index (χ3n) is 8.02. The van der Waals surface area contributed by atoms with Crippen LogP contribution in [0.4, 0.5) is 0 Å². The molecule has 0 aliphatic carbocycles. The standard InChI is InChI=1S/C30H40N4O3/c1-19(2)13-27(29(32)36)33-30(37)24(14-20-7-4-3-5-8-20)18-34-25-11-12-26(34)17-23(16-25)21-9-6-10-22(15-21)28(31)35/h3-10,15,19,23-27H,11-14,16-18H2,1-2H3,(H2,31,35)(H2,32,36)(H,33,37)/t23-,24-,25+,26-,27+/m1/s1. The van der Waals surface area contributed by atoms with Crippen molar-refractivity contribution >= 4 is 17.7 Å². The number of nitrogens with one attached hydrogen (secondary N) is 1. The number of amides is 3. The summed E-state index contributed by atoms with van der Waals surface area (Å²) >= 11 is 0. The van der Waals surface area contributed by atoms with Gasteiger partial charge in [-0.2, -0.15) is 0 Å². The number of piperidine rings is 1. The van der Waals surface area contributed by atoms with E-state index < -0.39 is 17.9 Å². The molecule has 3 amide bonds. The molecule has 198 valence electrons. The zero-order valence-electron chi connectivity index (χ0n) is 21.9. The Balaban J connectivity index is 1.49. The fourth-order valence-corrected chi connectivity index (χ4v) is 6.19. The Bertz CT molecular complexity index is 1090. The molecule has 2 heterocycles. The number of nitrogens with zero attached hydrogens (tertiary/aromatic N) is 1. The first-order chi connectivity index (χ1) is 17.7. The monoisotopic (exact) mass is 504 g/mol. The predicted molar refractivity (Wildman–Crippen MR) is 145 cm³/mol. The molecule has 2 aromatic rings. The number of primary amides is 2. The van der Waals surface area contributed by atoms with Crippen molar-refractivity contribution in [3.63, 3.8) is 0 Å². The zero-order valence-corrected chi connectivity index (χ0v) is 21.9. The van der Waals surface area contributed by atoms with E-state index in [1.165, 1.54) is 5.56 Å².